The topological polar surface area (TPSA) is 65.7 Å². The summed E-state index contributed by atoms with van der Waals surface area (Å²) in [6, 6.07) is 5.35. The van der Waals surface area contributed by atoms with Crippen LogP contribution in [0.5, 0.6) is 0 Å². The minimum atomic E-state index is -0.238. The maximum atomic E-state index is 12.4. The van der Waals surface area contributed by atoms with Gasteiger partial charge in [0.15, 0.2) is 5.78 Å². The number of carbonyl (C=O) groups excluding carboxylic acids is 1. The summed E-state index contributed by atoms with van der Waals surface area (Å²) in [4.78, 5) is 29.0. The Kier molecular flexibility index (Phi) is 4.20. The quantitative estimate of drug-likeness (QED) is 0.783. The Labute approximate surface area is 112 Å². The molecule has 0 saturated heterocycles. The number of nitrogens with one attached hydrogen (secondary N) is 2. The maximum Gasteiger partial charge on any atom is 0.323 e. The van der Waals surface area contributed by atoms with Gasteiger partial charge in [0.2, 0.25) is 0 Å². The van der Waals surface area contributed by atoms with Crippen molar-refractivity contribution in [2.24, 2.45) is 5.92 Å². The highest BCUT2D eigenvalue weighted by Crippen LogP contribution is 2.20. The lowest BCUT2D eigenvalue weighted by atomic mass is 9.90. The molecule has 4 nitrogen and oxygen atoms in total. The molecule has 0 saturated carbocycles. The van der Waals surface area contributed by atoms with Crippen LogP contribution in [0.1, 0.15) is 49.9 Å². The summed E-state index contributed by atoms with van der Waals surface area (Å²) in [5.74, 6) is 0.267. The van der Waals surface area contributed by atoms with E-state index in [0.29, 0.717) is 11.1 Å². The third-order valence-electron chi connectivity index (χ3n) is 3.57. The SMILES string of the molecule is CCCCC(CC)C(=O)c1ccc2[nH]c(=O)[nH]c2c1. The van der Waals surface area contributed by atoms with Gasteiger partial charge in [0.1, 0.15) is 0 Å². The molecule has 0 radical (unpaired) electrons. The second-order valence-corrected chi connectivity index (χ2v) is 4.95. The summed E-state index contributed by atoms with van der Waals surface area (Å²) < 4.78 is 0. The minimum absolute atomic E-state index is 0.0862. The Balaban J connectivity index is 2.26. The molecular weight excluding hydrogens is 240 g/mol. The molecule has 1 heterocycles. The molecule has 4 heteroatoms. The number of rotatable bonds is 6. The monoisotopic (exact) mass is 260 g/mol. The van der Waals surface area contributed by atoms with Crippen LogP contribution in [0.25, 0.3) is 11.0 Å². The number of carbonyl (C=O) groups is 1. The molecule has 0 amide bonds. The number of hydrogen-bond acceptors (Lipinski definition) is 2. The van der Waals surface area contributed by atoms with Crippen LogP contribution in [-0.4, -0.2) is 15.8 Å². The zero-order valence-electron chi connectivity index (χ0n) is 11.5. The molecule has 2 N–H and O–H groups in total. The fourth-order valence-corrected chi connectivity index (χ4v) is 2.39. The summed E-state index contributed by atoms with van der Waals surface area (Å²) in [5.41, 5.74) is 1.88. The van der Waals surface area contributed by atoms with Crippen LogP contribution in [0.15, 0.2) is 23.0 Å². The lowest BCUT2D eigenvalue weighted by Gasteiger charge is -2.13. The van der Waals surface area contributed by atoms with Gasteiger partial charge in [-0.3, -0.25) is 4.79 Å². The third kappa shape index (κ3) is 2.95. The fourth-order valence-electron chi connectivity index (χ4n) is 2.39. The van der Waals surface area contributed by atoms with Gasteiger partial charge in [0.25, 0.3) is 0 Å². The van der Waals surface area contributed by atoms with Crippen LogP contribution < -0.4 is 5.69 Å². The van der Waals surface area contributed by atoms with Crippen molar-refractivity contribution in [2.75, 3.05) is 0 Å². The van der Waals surface area contributed by atoms with Crippen molar-refractivity contribution < 1.29 is 4.79 Å². The predicted octanol–water partition coefficient (Wildman–Crippen LogP) is 3.26. The van der Waals surface area contributed by atoms with Crippen molar-refractivity contribution in [3.05, 3.63) is 34.2 Å². The van der Waals surface area contributed by atoms with E-state index in [4.69, 9.17) is 0 Å². The summed E-state index contributed by atoms with van der Waals surface area (Å²) in [6.07, 6.45) is 3.98. The lowest BCUT2D eigenvalue weighted by molar-refractivity contribution is 0.0908. The Morgan fingerprint density at radius 1 is 1.21 bits per heavy atom. The number of unbranched alkanes of at least 4 members (excludes halogenated alkanes) is 1. The zero-order valence-corrected chi connectivity index (χ0v) is 11.5. The van der Waals surface area contributed by atoms with Gasteiger partial charge in [0.05, 0.1) is 11.0 Å². The third-order valence-corrected chi connectivity index (χ3v) is 3.57. The van der Waals surface area contributed by atoms with Crippen LogP contribution in [-0.2, 0) is 0 Å². The molecule has 1 aromatic heterocycles. The number of fused-ring (bicyclic) bond motifs is 1. The van der Waals surface area contributed by atoms with Crippen LogP contribution in [0.2, 0.25) is 0 Å². The molecule has 19 heavy (non-hydrogen) atoms. The highest BCUT2D eigenvalue weighted by atomic mass is 16.1. The summed E-state index contributed by atoms with van der Waals surface area (Å²) in [6.45, 7) is 4.18. The van der Waals surface area contributed by atoms with Crippen LogP contribution in [0.3, 0.4) is 0 Å². The summed E-state index contributed by atoms with van der Waals surface area (Å²) >= 11 is 0. The van der Waals surface area contributed by atoms with Crippen LogP contribution in [0.4, 0.5) is 0 Å². The van der Waals surface area contributed by atoms with Crippen molar-refractivity contribution in [1.29, 1.82) is 0 Å². The van der Waals surface area contributed by atoms with Crippen molar-refractivity contribution in [2.45, 2.75) is 39.5 Å². The molecule has 0 fully saturated rings. The van der Waals surface area contributed by atoms with E-state index in [0.717, 1.165) is 31.2 Å². The number of H-pyrrole nitrogens is 2. The van der Waals surface area contributed by atoms with Crippen molar-refractivity contribution >= 4 is 16.8 Å². The van der Waals surface area contributed by atoms with E-state index in [1.165, 1.54) is 0 Å². The number of imidazole rings is 1. The van der Waals surface area contributed by atoms with Crippen LogP contribution in [0, 0.1) is 5.92 Å². The Morgan fingerprint density at radius 3 is 2.63 bits per heavy atom. The highest BCUT2D eigenvalue weighted by molar-refractivity contribution is 6.00. The molecule has 2 rings (SSSR count). The first kappa shape index (κ1) is 13.6. The van der Waals surface area contributed by atoms with Crippen molar-refractivity contribution in [1.82, 2.24) is 9.97 Å². The smallest absolute Gasteiger partial charge is 0.306 e. The van der Waals surface area contributed by atoms with E-state index in [1.807, 2.05) is 0 Å². The number of ketones is 1. The van der Waals surface area contributed by atoms with Gasteiger partial charge in [-0.05, 0) is 31.0 Å². The number of Topliss-reactive ketones (excluding diaryl/α,β-unsaturated/α-hetero) is 1. The Bertz CT molecular complexity index is 624. The van der Waals surface area contributed by atoms with Gasteiger partial charge in [-0.2, -0.15) is 0 Å². The molecule has 2 aromatic rings. The van der Waals surface area contributed by atoms with E-state index < -0.39 is 0 Å². The average Bonchev–Trinajstić information content (AvgIpc) is 2.78. The highest BCUT2D eigenvalue weighted by Gasteiger charge is 2.18. The first-order chi connectivity index (χ1) is 9.15. The normalized spacial score (nSPS) is 12.7. The van der Waals surface area contributed by atoms with Gasteiger partial charge < -0.3 is 9.97 Å². The Hall–Kier alpha value is -1.84. The Morgan fingerprint density at radius 2 is 1.95 bits per heavy atom. The molecule has 1 aromatic carbocycles. The molecule has 0 aliphatic heterocycles. The zero-order chi connectivity index (χ0) is 13.8. The molecule has 0 aliphatic rings. The van der Waals surface area contributed by atoms with Gasteiger partial charge in [-0.25, -0.2) is 4.79 Å². The standard InChI is InChI=1S/C15H20N2O2/c1-3-5-6-10(4-2)14(18)11-7-8-12-13(9-11)17-15(19)16-12/h7-10H,3-6H2,1-2H3,(H2,16,17,19). The number of hydrogen-bond donors (Lipinski definition) is 2. The maximum absolute atomic E-state index is 12.4. The number of aromatic amines is 2. The predicted molar refractivity (Wildman–Crippen MR) is 76.6 cm³/mol. The first-order valence-corrected chi connectivity index (χ1v) is 6.92. The molecule has 0 aliphatic carbocycles. The van der Waals surface area contributed by atoms with E-state index in [9.17, 15) is 9.59 Å². The largest absolute Gasteiger partial charge is 0.323 e. The van der Waals surface area contributed by atoms with Crippen LogP contribution >= 0.6 is 0 Å². The van der Waals surface area contributed by atoms with E-state index in [2.05, 4.69) is 23.8 Å². The van der Waals surface area contributed by atoms with E-state index in [-0.39, 0.29) is 17.4 Å². The second kappa shape index (κ2) is 5.87. The molecule has 1 atom stereocenters. The first-order valence-electron chi connectivity index (χ1n) is 6.92. The lowest BCUT2D eigenvalue weighted by Crippen LogP contribution is -2.14. The molecule has 0 bridgehead atoms. The van der Waals surface area contributed by atoms with Gasteiger partial charge in [-0.1, -0.05) is 26.7 Å². The molecule has 102 valence electrons. The van der Waals surface area contributed by atoms with E-state index in [1.54, 1.807) is 18.2 Å². The van der Waals surface area contributed by atoms with E-state index >= 15 is 0 Å². The average molecular weight is 260 g/mol. The number of aromatic nitrogens is 2. The van der Waals surface area contributed by atoms with Gasteiger partial charge in [-0.15, -0.1) is 0 Å². The number of benzene rings is 1. The molecule has 1 unspecified atom stereocenters. The van der Waals surface area contributed by atoms with Crippen molar-refractivity contribution in [3.8, 4) is 0 Å². The van der Waals surface area contributed by atoms with Crippen molar-refractivity contribution in [3.63, 3.8) is 0 Å². The fraction of sp³-hybridized carbons (Fsp3) is 0.467. The van der Waals surface area contributed by atoms with Gasteiger partial charge >= 0.3 is 5.69 Å². The summed E-state index contributed by atoms with van der Waals surface area (Å²) in [5, 5.41) is 0. The summed E-state index contributed by atoms with van der Waals surface area (Å²) in [7, 11) is 0. The second-order valence-electron chi connectivity index (χ2n) is 4.95. The minimum Gasteiger partial charge on any atom is -0.306 e. The molecule has 0 spiro atoms. The molecular formula is C15H20N2O2. The van der Waals surface area contributed by atoms with Gasteiger partial charge in [0, 0.05) is 11.5 Å².